The monoisotopic (exact) mass is 194 g/mol. The Hall–Kier alpha value is -1.16. The molecule has 76 valence electrons. The zero-order valence-electron chi connectivity index (χ0n) is 8.03. The molecule has 0 radical (unpaired) electrons. The standard InChI is InChI=1S/C10H14N2O2/c13-6-3-9-7-14-10(12-9)8-1-4-11-5-2-8/h6-8,11H,1-5H2. The molecule has 4 nitrogen and oxygen atoms in total. The topological polar surface area (TPSA) is 55.1 Å². The fraction of sp³-hybridized carbons (Fsp3) is 0.600. The highest BCUT2D eigenvalue weighted by Crippen LogP contribution is 2.24. The summed E-state index contributed by atoms with van der Waals surface area (Å²) in [6, 6.07) is 0. The Morgan fingerprint density at radius 3 is 3.07 bits per heavy atom. The number of oxazole rings is 1. The number of carbonyl (C=O) groups excluding carboxylic acids is 1. The highest BCUT2D eigenvalue weighted by atomic mass is 16.3. The lowest BCUT2D eigenvalue weighted by atomic mass is 9.98. The Kier molecular flexibility index (Phi) is 2.93. The van der Waals surface area contributed by atoms with Crippen LogP contribution < -0.4 is 5.32 Å². The van der Waals surface area contributed by atoms with Crippen LogP contribution in [0.4, 0.5) is 0 Å². The molecule has 4 heteroatoms. The predicted octanol–water partition coefficient (Wildman–Crippen LogP) is 0.883. The lowest BCUT2D eigenvalue weighted by molar-refractivity contribution is -0.107. The lowest BCUT2D eigenvalue weighted by Gasteiger charge is -2.19. The first-order chi connectivity index (χ1) is 6.90. The van der Waals surface area contributed by atoms with Crippen LogP contribution in [0.15, 0.2) is 10.7 Å². The normalized spacial score (nSPS) is 18.3. The van der Waals surface area contributed by atoms with Crippen LogP contribution in [0.3, 0.4) is 0 Å². The predicted molar refractivity (Wildman–Crippen MR) is 51.1 cm³/mol. The van der Waals surface area contributed by atoms with Gasteiger partial charge < -0.3 is 14.5 Å². The summed E-state index contributed by atoms with van der Waals surface area (Å²) in [6.07, 6.45) is 4.94. The fourth-order valence-electron chi connectivity index (χ4n) is 1.76. The maximum absolute atomic E-state index is 10.3. The molecule has 0 amide bonds. The number of nitrogens with zero attached hydrogens (tertiary/aromatic N) is 1. The molecule has 1 saturated heterocycles. The quantitative estimate of drug-likeness (QED) is 0.726. The van der Waals surface area contributed by atoms with Crippen molar-refractivity contribution < 1.29 is 9.21 Å². The summed E-state index contributed by atoms with van der Waals surface area (Å²) in [5, 5.41) is 3.29. The molecule has 1 N–H and O–H groups in total. The summed E-state index contributed by atoms with van der Waals surface area (Å²) >= 11 is 0. The van der Waals surface area contributed by atoms with E-state index < -0.39 is 0 Å². The van der Waals surface area contributed by atoms with Gasteiger partial charge in [-0.05, 0) is 25.9 Å². The van der Waals surface area contributed by atoms with Gasteiger partial charge in [-0.3, -0.25) is 0 Å². The minimum absolute atomic E-state index is 0.356. The van der Waals surface area contributed by atoms with E-state index in [1.807, 2.05) is 0 Å². The number of carbonyl (C=O) groups is 1. The van der Waals surface area contributed by atoms with Gasteiger partial charge in [-0.1, -0.05) is 0 Å². The minimum Gasteiger partial charge on any atom is -0.448 e. The molecule has 0 bridgehead atoms. The first-order valence-electron chi connectivity index (χ1n) is 4.99. The van der Waals surface area contributed by atoms with Crippen LogP contribution in [-0.4, -0.2) is 24.4 Å². The van der Waals surface area contributed by atoms with E-state index in [1.54, 1.807) is 6.26 Å². The molecular weight excluding hydrogens is 180 g/mol. The zero-order valence-corrected chi connectivity index (χ0v) is 8.03. The van der Waals surface area contributed by atoms with E-state index in [0.717, 1.165) is 43.8 Å². The van der Waals surface area contributed by atoms with Crippen LogP contribution in [-0.2, 0) is 11.2 Å². The van der Waals surface area contributed by atoms with E-state index in [-0.39, 0.29) is 0 Å². The van der Waals surface area contributed by atoms with Gasteiger partial charge in [0.2, 0.25) is 0 Å². The third-order valence-corrected chi connectivity index (χ3v) is 2.55. The van der Waals surface area contributed by atoms with E-state index in [1.165, 1.54) is 0 Å². The molecule has 0 aliphatic carbocycles. The van der Waals surface area contributed by atoms with Gasteiger partial charge in [-0.25, -0.2) is 4.98 Å². The molecule has 14 heavy (non-hydrogen) atoms. The Labute approximate surface area is 82.7 Å². The Morgan fingerprint density at radius 1 is 1.57 bits per heavy atom. The molecular formula is C10H14N2O2. The van der Waals surface area contributed by atoms with Crippen LogP contribution >= 0.6 is 0 Å². The van der Waals surface area contributed by atoms with E-state index in [4.69, 9.17) is 4.42 Å². The molecule has 2 heterocycles. The highest BCUT2D eigenvalue weighted by Gasteiger charge is 2.19. The number of nitrogens with one attached hydrogen (secondary N) is 1. The van der Waals surface area contributed by atoms with Gasteiger partial charge in [-0.2, -0.15) is 0 Å². The van der Waals surface area contributed by atoms with Crippen molar-refractivity contribution in [3.8, 4) is 0 Å². The maximum atomic E-state index is 10.3. The average Bonchev–Trinajstić information content (AvgIpc) is 2.68. The van der Waals surface area contributed by atoms with Gasteiger partial charge in [-0.15, -0.1) is 0 Å². The maximum Gasteiger partial charge on any atom is 0.197 e. The van der Waals surface area contributed by atoms with Crippen LogP contribution in [0.25, 0.3) is 0 Å². The molecule has 0 atom stereocenters. The van der Waals surface area contributed by atoms with Crippen molar-refractivity contribution in [2.45, 2.75) is 25.2 Å². The molecule has 2 rings (SSSR count). The molecule has 1 aromatic rings. The summed E-state index contributed by atoms with van der Waals surface area (Å²) in [5.41, 5.74) is 0.744. The van der Waals surface area contributed by atoms with Gasteiger partial charge in [0.25, 0.3) is 0 Å². The van der Waals surface area contributed by atoms with Gasteiger partial charge in [0.05, 0.1) is 5.69 Å². The number of hydrogen-bond donors (Lipinski definition) is 1. The molecule has 1 aliphatic rings. The van der Waals surface area contributed by atoms with E-state index >= 15 is 0 Å². The Bertz CT molecular complexity index is 303. The Morgan fingerprint density at radius 2 is 2.36 bits per heavy atom. The van der Waals surface area contributed by atoms with Crippen molar-refractivity contribution in [2.24, 2.45) is 0 Å². The first-order valence-corrected chi connectivity index (χ1v) is 4.99. The van der Waals surface area contributed by atoms with Crippen molar-refractivity contribution in [3.05, 3.63) is 17.8 Å². The molecule has 0 aromatic carbocycles. The Balaban J connectivity index is 2.03. The third kappa shape index (κ3) is 2.01. The van der Waals surface area contributed by atoms with Crippen LogP contribution in [0.1, 0.15) is 30.3 Å². The van der Waals surface area contributed by atoms with Crippen LogP contribution in [0.5, 0.6) is 0 Å². The summed E-state index contributed by atoms with van der Waals surface area (Å²) in [6.45, 7) is 2.05. The molecule has 0 saturated carbocycles. The average molecular weight is 194 g/mol. The first kappa shape index (κ1) is 9.40. The van der Waals surface area contributed by atoms with Crippen molar-refractivity contribution in [1.29, 1.82) is 0 Å². The highest BCUT2D eigenvalue weighted by molar-refractivity contribution is 5.53. The molecule has 1 aliphatic heterocycles. The SMILES string of the molecule is O=CCc1coc(C2CCNCC2)n1. The van der Waals surface area contributed by atoms with Gasteiger partial charge in [0, 0.05) is 12.3 Å². The smallest absolute Gasteiger partial charge is 0.197 e. The summed E-state index contributed by atoms with van der Waals surface area (Å²) in [7, 11) is 0. The van der Waals surface area contributed by atoms with E-state index in [0.29, 0.717) is 12.3 Å². The number of aldehydes is 1. The number of hydrogen-bond acceptors (Lipinski definition) is 4. The van der Waals surface area contributed by atoms with Crippen molar-refractivity contribution in [2.75, 3.05) is 13.1 Å². The fourth-order valence-corrected chi connectivity index (χ4v) is 1.76. The van der Waals surface area contributed by atoms with Gasteiger partial charge >= 0.3 is 0 Å². The van der Waals surface area contributed by atoms with Crippen molar-refractivity contribution in [3.63, 3.8) is 0 Å². The third-order valence-electron chi connectivity index (χ3n) is 2.55. The second-order valence-electron chi connectivity index (χ2n) is 3.57. The van der Waals surface area contributed by atoms with Gasteiger partial charge in [0.1, 0.15) is 12.5 Å². The second kappa shape index (κ2) is 4.37. The molecule has 0 spiro atoms. The van der Waals surface area contributed by atoms with E-state index in [9.17, 15) is 4.79 Å². The largest absolute Gasteiger partial charge is 0.448 e. The number of piperidine rings is 1. The summed E-state index contributed by atoms with van der Waals surface area (Å²) in [5.74, 6) is 1.22. The van der Waals surface area contributed by atoms with Crippen LogP contribution in [0.2, 0.25) is 0 Å². The van der Waals surface area contributed by atoms with Crippen LogP contribution in [0, 0.1) is 0 Å². The van der Waals surface area contributed by atoms with Gasteiger partial charge in [0.15, 0.2) is 5.89 Å². The van der Waals surface area contributed by atoms with E-state index in [2.05, 4.69) is 10.3 Å². The minimum atomic E-state index is 0.356. The summed E-state index contributed by atoms with van der Waals surface area (Å²) < 4.78 is 5.36. The zero-order chi connectivity index (χ0) is 9.80. The second-order valence-corrected chi connectivity index (χ2v) is 3.57. The number of aromatic nitrogens is 1. The van der Waals surface area contributed by atoms with Crippen molar-refractivity contribution in [1.82, 2.24) is 10.3 Å². The summed E-state index contributed by atoms with van der Waals surface area (Å²) in [4.78, 5) is 14.6. The molecule has 1 fully saturated rings. The lowest BCUT2D eigenvalue weighted by Crippen LogP contribution is -2.26. The molecule has 1 aromatic heterocycles. The number of rotatable bonds is 3. The molecule has 0 unspecified atom stereocenters. The van der Waals surface area contributed by atoms with Crippen molar-refractivity contribution >= 4 is 6.29 Å².